The number of benzene rings is 2. The lowest BCUT2D eigenvalue weighted by molar-refractivity contribution is 0.889. The highest BCUT2D eigenvalue weighted by molar-refractivity contribution is 5.90. The van der Waals surface area contributed by atoms with Gasteiger partial charge in [0, 0.05) is 11.4 Å². The molecule has 3 heteroatoms. The Morgan fingerprint density at radius 1 is 0.864 bits per heavy atom. The van der Waals surface area contributed by atoms with E-state index in [1.54, 1.807) is 0 Å². The number of aromatic nitrogens is 2. The molecule has 0 aliphatic heterocycles. The summed E-state index contributed by atoms with van der Waals surface area (Å²) in [6, 6.07) is 18.6. The van der Waals surface area contributed by atoms with Gasteiger partial charge >= 0.3 is 0 Å². The molecule has 0 atom stereocenters. The van der Waals surface area contributed by atoms with Crippen LogP contribution in [-0.4, -0.2) is 16.0 Å². The first-order valence-electron chi connectivity index (χ1n) is 7.49. The molecule has 3 nitrogen and oxygen atoms in total. The molecule has 0 aliphatic rings. The van der Waals surface area contributed by atoms with Crippen molar-refractivity contribution in [3.8, 4) is 0 Å². The zero-order valence-electron chi connectivity index (χ0n) is 12.8. The normalized spacial score (nSPS) is 11.4. The minimum Gasteiger partial charge on any atom is -0.367 e. The molecule has 1 heterocycles. The van der Waals surface area contributed by atoms with Crippen molar-refractivity contribution < 1.29 is 0 Å². The standard InChI is InChI=1S/C19H19N3/c1-14(2)20-19-16-10-6-7-11-17(16)21-18(22-19)13-12-15-8-4-3-5-9-15/h3-14H,1-2H3,(H,20,21,22). The van der Waals surface area contributed by atoms with E-state index in [9.17, 15) is 0 Å². The predicted octanol–water partition coefficient (Wildman–Crippen LogP) is 4.62. The van der Waals surface area contributed by atoms with E-state index in [4.69, 9.17) is 0 Å². The lowest BCUT2D eigenvalue weighted by Crippen LogP contribution is -2.12. The largest absolute Gasteiger partial charge is 0.367 e. The number of hydrogen-bond acceptors (Lipinski definition) is 3. The van der Waals surface area contributed by atoms with Gasteiger partial charge in [0.1, 0.15) is 5.82 Å². The van der Waals surface area contributed by atoms with E-state index in [1.807, 2.05) is 54.6 Å². The molecule has 0 fully saturated rings. The van der Waals surface area contributed by atoms with Gasteiger partial charge in [-0.25, -0.2) is 9.97 Å². The highest BCUT2D eigenvalue weighted by atomic mass is 15.0. The summed E-state index contributed by atoms with van der Waals surface area (Å²) in [7, 11) is 0. The molecule has 1 aromatic heterocycles. The van der Waals surface area contributed by atoms with E-state index in [0.717, 1.165) is 22.3 Å². The van der Waals surface area contributed by atoms with Gasteiger partial charge in [0.25, 0.3) is 0 Å². The highest BCUT2D eigenvalue weighted by Gasteiger charge is 2.06. The fourth-order valence-electron chi connectivity index (χ4n) is 2.29. The summed E-state index contributed by atoms with van der Waals surface area (Å²) in [6.07, 6.45) is 3.98. The molecular weight excluding hydrogens is 270 g/mol. The van der Waals surface area contributed by atoms with Gasteiger partial charge in [0.05, 0.1) is 5.52 Å². The van der Waals surface area contributed by atoms with Crippen molar-refractivity contribution in [2.24, 2.45) is 0 Å². The zero-order valence-corrected chi connectivity index (χ0v) is 12.8. The Balaban J connectivity index is 2.01. The van der Waals surface area contributed by atoms with Gasteiger partial charge in [0.15, 0.2) is 5.82 Å². The summed E-state index contributed by atoms with van der Waals surface area (Å²) in [5.41, 5.74) is 2.09. The number of fused-ring (bicyclic) bond motifs is 1. The fraction of sp³-hybridized carbons (Fsp3) is 0.158. The maximum absolute atomic E-state index is 4.65. The van der Waals surface area contributed by atoms with Crippen LogP contribution in [0, 0.1) is 0 Å². The first-order chi connectivity index (χ1) is 10.7. The Kier molecular flexibility index (Phi) is 4.15. The number of hydrogen-bond donors (Lipinski definition) is 1. The molecule has 0 saturated heterocycles. The van der Waals surface area contributed by atoms with Gasteiger partial charge in [0.2, 0.25) is 0 Å². The zero-order chi connectivity index (χ0) is 15.4. The topological polar surface area (TPSA) is 37.8 Å². The van der Waals surface area contributed by atoms with Crippen LogP contribution < -0.4 is 5.32 Å². The van der Waals surface area contributed by atoms with Crippen molar-refractivity contribution in [3.63, 3.8) is 0 Å². The average molecular weight is 289 g/mol. The van der Waals surface area contributed by atoms with E-state index in [-0.39, 0.29) is 0 Å². The number of nitrogens with one attached hydrogen (secondary N) is 1. The molecule has 110 valence electrons. The molecule has 1 N–H and O–H groups in total. The maximum Gasteiger partial charge on any atom is 0.154 e. The molecule has 0 saturated carbocycles. The Morgan fingerprint density at radius 2 is 1.59 bits per heavy atom. The second-order valence-corrected chi connectivity index (χ2v) is 5.49. The van der Waals surface area contributed by atoms with Gasteiger partial charge < -0.3 is 5.32 Å². The molecular formula is C19H19N3. The molecule has 0 unspecified atom stereocenters. The minimum atomic E-state index is 0.323. The van der Waals surface area contributed by atoms with Crippen LogP contribution in [0.15, 0.2) is 54.6 Å². The predicted molar refractivity (Wildman–Crippen MR) is 93.7 cm³/mol. The monoisotopic (exact) mass is 289 g/mol. The quantitative estimate of drug-likeness (QED) is 0.761. The van der Waals surface area contributed by atoms with E-state index < -0.39 is 0 Å². The first-order valence-corrected chi connectivity index (χ1v) is 7.49. The molecule has 2 aromatic carbocycles. The molecule has 0 aliphatic carbocycles. The van der Waals surface area contributed by atoms with Crippen molar-refractivity contribution in [3.05, 3.63) is 66.0 Å². The van der Waals surface area contributed by atoms with Gasteiger partial charge in [-0.1, -0.05) is 48.5 Å². The van der Waals surface area contributed by atoms with Crippen LogP contribution in [0.4, 0.5) is 5.82 Å². The number of para-hydroxylation sites is 1. The second kappa shape index (κ2) is 6.39. The third kappa shape index (κ3) is 3.31. The first kappa shape index (κ1) is 14.3. The Bertz CT molecular complexity index is 792. The van der Waals surface area contributed by atoms with Gasteiger partial charge in [-0.2, -0.15) is 0 Å². The van der Waals surface area contributed by atoms with Crippen molar-refractivity contribution in [1.29, 1.82) is 0 Å². The summed E-state index contributed by atoms with van der Waals surface area (Å²) in [4.78, 5) is 9.27. The van der Waals surface area contributed by atoms with Crippen molar-refractivity contribution in [2.45, 2.75) is 19.9 Å². The Morgan fingerprint density at radius 3 is 2.36 bits per heavy atom. The number of rotatable bonds is 4. The van der Waals surface area contributed by atoms with Gasteiger partial charge in [-0.3, -0.25) is 0 Å². The molecule has 0 amide bonds. The van der Waals surface area contributed by atoms with Crippen LogP contribution in [0.2, 0.25) is 0 Å². The average Bonchev–Trinajstić information content (AvgIpc) is 2.53. The van der Waals surface area contributed by atoms with E-state index >= 15 is 0 Å². The summed E-state index contributed by atoms with van der Waals surface area (Å²) in [5.74, 6) is 1.60. The van der Waals surface area contributed by atoms with E-state index in [2.05, 4.69) is 41.3 Å². The van der Waals surface area contributed by atoms with E-state index in [0.29, 0.717) is 11.9 Å². The SMILES string of the molecule is CC(C)Nc1nc(C=Cc2ccccc2)nc2ccccc12. The summed E-state index contributed by atoms with van der Waals surface area (Å²) >= 11 is 0. The van der Waals surface area contributed by atoms with Gasteiger partial charge in [-0.15, -0.1) is 0 Å². The molecule has 3 rings (SSSR count). The number of anilines is 1. The van der Waals surface area contributed by atoms with Gasteiger partial charge in [-0.05, 0) is 37.6 Å². The second-order valence-electron chi connectivity index (χ2n) is 5.49. The fourth-order valence-corrected chi connectivity index (χ4v) is 2.29. The Labute approximate surface area is 130 Å². The third-order valence-electron chi connectivity index (χ3n) is 3.27. The van der Waals surface area contributed by atoms with Crippen LogP contribution in [-0.2, 0) is 0 Å². The van der Waals surface area contributed by atoms with Crippen molar-refractivity contribution in [2.75, 3.05) is 5.32 Å². The maximum atomic E-state index is 4.65. The third-order valence-corrected chi connectivity index (χ3v) is 3.27. The van der Waals surface area contributed by atoms with E-state index in [1.165, 1.54) is 0 Å². The lowest BCUT2D eigenvalue weighted by atomic mass is 10.2. The summed E-state index contributed by atoms with van der Waals surface area (Å²) < 4.78 is 0. The minimum absolute atomic E-state index is 0.323. The van der Waals surface area contributed by atoms with Crippen molar-refractivity contribution >= 4 is 28.9 Å². The molecule has 3 aromatic rings. The molecule has 22 heavy (non-hydrogen) atoms. The van der Waals surface area contributed by atoms with Crippen LogP contribution in [0.3, 0.4) is 0 Å². The van der Waals surface area contributed by atoms with Crippen LogP contribution in [0.5, 0.6) is 0 Å². The smallest absolute Gasteiger partial charge is 0.154 e. The van der Waals surface area contributed by atoms with Crippen LogP contribution in [0.1, 0.15) is 25.2 Å². The highest BCUT2D eigenvalue weighted by Crippen LogP contribution is 2.21. The summed E-state index contributed by atoms with van der Waals surface area (Å²) in [6.45, 7) is 4.22. The number of nitrogens with zero attached hydrogens (tertiary/aromatic N) is 2. The van der Waals surface area contributed by atoms with Crippen molar-refractivity contribution in [1.82, 2.24) is 9.97 Å². The van der Waals surface area contributed by atoms with Crippen LogP contribution >= 0.6 is 0 Å². The lowest BCUT2D eigenvalue weighted by Gasteiger charge is -2.12. The molecule has 0 radical (unpaired) electrons. The molecule has 0 bridgehead atoms. The van der Waals surface area contributed by atoms with Crippen LogP contribution in [0.25, 0.3) is 23.1 Å². The Hall–Kier alpha value is -2.68. The molecule has 0 spiro atoms. The summed E-state index contributed by atoms with van der Waals surface area (Å²) in [5, 5.41) is 4.45.